The summed E-state index contributed by atoms with van der Waals surface area (Å²) < 4.78 is 0. The summed E-state index contributed by atoms with van der Waals surface area (Å²) in [5, 5.41) is 2.82. The number of para-hydroxylation sites is 1. The van der Waals surface area contributed by atoms with Crippen LogP contribution in [-0.4, -0.2) is 39.8 Å². The molecule has 0 bridgehead atoms. The molecule has 7 nitrogen and oxygen atoms in total. The van der Waals surface area contributed by atoms with E-state index in [2.05, 4.69) is 10.3 Å². The molecule has 1 aromatic carbocycles. The predicted molar refractivity (Wildman–Crippen MR) is 109 cm³/mol. The van der Waals surface area contributed by atoms with Gasteiger partial charge in [0.25, 0.3) is 5.91 Å². The van der Waals surface area contributed by atoms with Crippen molar-refractivity contribution < 1.29 is 14.4 Å². The first kappa shape index (κ1) is 19.1. The molecular formula is C22H24N4O3. The highest BCUT2D eigenvalue weighted by atomic mass is 16.2. The number of nitrogens with zero attached hydrogens (tertiary/aromatic N) is 3. The fourth-order valence-electron chi connectivity index (χ4n) is 4.25. The summed E-state index contributed by atoms with van der Waals surface area (Å²) in [6.07, 6.45) is 3.41. The molecule has 1 fully saturated rings. The molecule has 150 valence electrons. The van der Waals surface area contributed by atoms with Crippen LogP contribution in [-0.2, 0) is 9.59 Å². The van der Waals surface area contributed by atoms with Crippen LogP contribution in [0.2, 0.25) is 0 Å². The lowest BCUT2D eigenvalue weighted by molar-refractivity contribution is -0.118. The standard InChI is InChI=1S/C22H24N4O3/c1-15-7-5-13-23-20(15)24-18(27)10-6-14-25-21(29)16-8-3-4-9-17(16)26-19(28)11-12-22(25,26)2/h3-5,7-9,13H,6,10-12,14H2,1-2H3,(H,23,24,27)/t22-/m1/s1. The van der Waals surface area contributed by atoms with Crippen molar-refractivity contribution in [3.63, 3.8) is 0 Å². The Bertz CT molecular complexity index is 990. The van der Waals surface area contributed by atoms with Gasteiger partial charge >= 0.3 is 0 Å². The van der Waals surface area contributed by atoms with Crippen LogP contribution in [0.5, 0.6) is 0 Å². The number of pyridine rings is 1. The SMILES string of the molecule is Cc1cccnc1NC(=O)CCCN1C(=O)c2ccccc2N2C(=O)CC[C@]12C. The van der Waals surface area contributed by atoms with Gasteiger partial charge in [-0.15, -0.1) is 0 Å². The number of hydrogen-bond acceptors (Lipinski definition) is 4. The second-order valence-electron chi connectivity index (χ2n) is 7.74. The maximum atomic E-state index is 13.2. The fraction of sp³-hybridized carbons (Fsp3) is 0.364. The minimum Gasteiger partial charge on any atom is -0.315 e. The fourth-order valence-corrected chi connectivity index (χ4v) is 4.25. The van der Waals surface area contributed by atoms with Crippen molar-refractivity contribution in [1.29, 1.82) is 0 Å². The number of hydrogen-bond donors (Lipinski definition) is 1. The summed E-state index contributed by atoms with van der Waals surface area (Å²) >= 11 is 0. The highest BCUT2D eigenvalue weighted by Crippen LogP contribution is 2.44. The van der Waals surface area contributed by atoms with E-state index in [4.69, 9.17) is 0 Å². The van der Waals surface area contributed by atoms with Crippen LogP contribution in [0.15, 0.2) is 42.6 Å². The highest BCUT2D eigenvalue weighted by Gasteiger charge is 2.52. The monoisotopic (exact) mass is 392 g/mol. The molecule has 1 atom stereocenters. The number of fused-ring (bicyclic) bond motifs is 3. The van der Waals surface area contributed by atoms with Crippen LogP contribution in [0.3, 0.4) is 0 Å². The number of aromatic nitrogens is 1. The van der Waals surface area contributed by atoms with Crippen LogP contribution in [0.4, 0.5) is 11.5 Å². The number of anilines is 2. The molecule has 0 saturated carbocycles. The van der Waals surface area contributed by atoms with Crippen molar-refractivity contribution in [3.05, 3.63) is 53.7 Å². The average molecular weight is 392 g/mol. The molecule has 1 N–H and O–H groups in total. The molecular weight excluding hydrogens is 368 g/mol. The molecule has 2 aliphatic rings. The number of carbonyl (C=O) groups excluding carboxylic acids is 3. The van der Waals surface area contributed by atoms with Gasteiger partial charge in [-0.3, -0.25) is 19.3 Å². The molecule has 2 aromatic rings. The molecule has 0 radical (unpaired) electrons. The van der Waals surface area contributed by atoms with Crippen LogP contribution in [0.1, 0.15) is 48.5 Å². The van der Waals surface area contributed by atoms with E-state index < -0.39 is 5.66 Å². The van der Waals surface area contributed by atoms with E-state index in [9.17, 15) is 14.4 Å². The maximum Gasteiger partial charge on any atom is 0.257 e. The van der Waals surface area contributed by atoms with Crippen molar-refractivity contribution in [2.24, 2.45) is 0 Å². The topological polar surface area (TPSA) is 82.6 Å². The Morgan fingerprint density at radius 3 is 2.79 bits per heavy atom. The van der Waals surface area contributed by atoms with Gasteiger partial charge < -0.3 is 10.2 Å². The van der Waals surface area contributed by atoms with Gasteiger partial charge in [-0.05, 0) is 50.5 Å². The average Bonchev–Trinajstić information content (AvgIpc) is 3.02. The Morgan fingerprint density at radius 2 is 2.00 bits per heavy atom. The molecule has 1 saturated heterocycles. The van der Waals surface area contributed by atoms with E-state index in [1.54, 1.807) is 28.1 Å². The second-order valence-corrected chi connectivity index (χ2v) is 7.74. The molecule has 29 heavy (non-hydrogen) atoms. The molecule has 2 aliphatic heterocycles. The third-order valence-corrected chi connectivity index (χ3v) is 5.80. The molecule has 0 spiro atoms. The molecule has 4 rings (SSSR count). The first-order valence-corrected chi connectivity index (χ1v) is 9.87. The van der Waals surface area contributed by atoms with Gasteiger partial charge in [0, 0.05) is 25.6 Å². The summed E-state index contributed by atoms with van der Waals surface area (Å²) in [4.78, 5) is 45.7. The van der Waals surface area contributed by atoms with Gasteiger partial charge in [0.2, 0.25) is 11.8 Å². The molecule has 1 aromatic heterocycles. The Morgan fingerprint density at radius 1 is 1.21 bits per heavy atom. The molecule has 3 amide bonds. The predicted octanol–water partition coefficient (Wildman–Crippen LogP) is 3.11. The van der Waals surface area contributed by atoms with Crippen LogP contribution >= 0.6 is 0 Å². The van der Waals surface area contributed by atoms with Crippen molar-refractivity contribution in [1.82, 2.24) is 9.88 Å². The Hall–Kier alpha value is -3.22. The van der Waals surface area contributed by atoms with E-state index in [-0.39, 0.29) is 24.1 Å². The van der Waals surface area contributed by atoms with Crippen LogP contribution in [0.25, 0.3) is 0 Å². The zero-order valence-corrected chi connectivity index (χ0v) is 16.6. The third kappa shape index (κ3) is 3.26. The third-order valence-electron chi connectivity index (χ3n) is 5.80. The molecule has 0 aliphatic carbocycles. The minimum atomic E-state index is -0.684. The largest absolute Gasteiger partial charge is 0.315 e. The van der Waals surface area contributed by atoms with Crippen LogP contribution in [0, 0.1) is 6.92 Å². The van der Waals surface area contributed by atoms with Crippen LogP contribution < -0.4 is 10.2 Å². The molecule has 0 unspecified atom stereocenters. The smallest absolute Gasteiger partial charge is 0.257 e. The Kier molecular flexibility index (Phi) is 4.82. The Balaban J connectivity index is 1.47. The molecule has 7 heteroatoms. The van der Waals surface area contributed by atoms with Crippen molar-refractivity contribution in [2.45, 2.75) is 45.2 Å². The Labute approximate surface area is 169 Å². The summed E-state index contributed by atoms with van der Waals surface area (Å²) in [5.74, 6) is 0.358. The first-order valence-electron chi connectivity index (χ1n) is 9.87. The lowest BCUT2D eigenvalue weighted by Crippen LogP contribution is -2.62. The van der Waals surface area contributed by atoms with E-state index in [0.29, 0.717) is 42.9 Å². The second kappa shape index (κ2) is 7.31. The van der Waals surface area contributed by atoms with Gasteiger partial charge in [-0.2, -0.15) is 0 Å². The lowest BCUT2D eigenvalue weighted by Gasteiger charge is -2.48. The van der Waals surface area contributed by atoms with E-state index in [1.807, 2.05) is 38.1 Å². The normalized spacial score (nSPS) is 20.5. The number of carbonyl (C=O) groups is 3. The summed E-state index contributed by atoms with van der Waals surface area (Å²) in [5.41, 5.74) is 1.43. The number of nitrogens with one attached hydrogen (secondary N) is 1. The lowest BCUT2D eigenvalue weighted by atomic mass is 9.98. The van der Waals surface area contributed by atoms with E-state index in [1.165, 1.54) is 0 Å². The van der Waals surface area contributed by atoms with Crippen molar-refractivity contribution in [3.8, 4) is 0 Å². The zero-order chi connectivity index (χ0) is 20.6. The first-order chi connectivity index (χ1) is 13.9. The molecule has 3 heterocycles. The van der Waals surface area contributed by atoms with Gasteiger partial charge in [0.15, 0.2) is 0 Å². The quantitative estimate of drug-likeness (QED) is 0.848. The maximum absolute atomic E-state index is 13.2. The van der Waals surface area contributed by atoms with Gasteiger partial charge in [0.05, 0.1) is 11.3 Å². The number of aryl methyl sites for hydroxylation is 1. The summed E-state index contributed by atoms with van der Waals surface area (Å²) in [6, 6.07) is 10.9. The highest BCUT2D eigenvalue weighted by molar-refractivity contribution is 6.10. The number of benzene rings is 1. The van der Waals surface area contributed by atoms with E-state index in [0.717, 1.165) is 5.56 Å². The van der Waals surface area contributed by atoms with Crippen molar-refractivity contribution >= 4 is 29.2 Å². The van der Waals surface area contributed by atoms with Gasteiger partial charge in [-0.25, -0.2) is 4.98 Å². The van der Waals surface area contributed by atoms with Crippen molar-refractivity contribution in [2.75, 3.05) is 16.8 Å². The number of amides is 3. The van der Waals surface area contributed by atoms with Gasteiger partial charge in [-0.1, -0.05) is 18.2 Å². The summed E-state index contributed by atoms with van der Waals surface area (Å²) in [7, 11) is 0. The summed E-state index contributed by atoms with van der Waals surface area (Å²) in [6.45, 7) is 4.23. The van der Waals surface area contributed by atoms with Gasteiger partial charge in [0.1, 0.15) is 11.5 Å². The zero-order valence-electron chi connectivity index (χ0n) is 16.6. The number of rotatable bonds is 5. The van der Waals surface area contributed by atoms with E-state index >= 15 is 0 Å². The minimum absolute atomic E-state index is 0.0285.